The van der Waals surface area contributed by atoms with Crippen LogP contribution in [-0.4, -0.2) is 35.6 Å². The monoisotopic (exact) mass is 244 g/mol. The molecule has 1 fully saturated rings. The largest absolute Gasteiger partial charge is 0.392 e. The molecule has 0 aromatic heterocycles. The lowest BCUT2D eigenvalue weighted by atomic mass is 10.1. The molecule has 0 bridgehead atoms. The van der Waals surface area contributed by atoms with Crippen LogP contribution in [0.3, 0.4) is 0 Å². The maximum atomic E-state index is 11.5. The molecule has 2 atom stereocenters. The standard InChI is InChI=1S/C10H16N2O5/c1-6(5-8(13)12-16)9(14)17-10(15)7-3-2-4-11-7/h6-7,11,16H,2-5H2,1H3,(H,12,13)/t6?,7-/m0/s1. The van der Waals surface area contributed by atoms with Gasteiger partial charge in [-0.1, -0.05) is 6.92 Å². The average Bonchev–Trinajstić information content (AvgIpc) is 2.82. The van der Waals surface area contributed by atoms with E-state index >= 15 is 0 Å². The Morgan fingerprint density at radius 3 is 2.76 bits per heavy atom. The Bertz CT molecular complexity index is 312. The first-order chi connectivity index (χ1) is 8.04. The van der Waals surface area contributed by atoms with E-state index in [2.05, 4.69) is 10.1 Å². The number of hydrogen-bond donors (Lipinski definition) is 3. The van der Waals surface area contributed by atoms with E-state index in [-0.39, 0.29) is 6.42 Å². The molecule has 0 spiro atoms. The third kappa shape index (κ3) is 4.12. The summed E-state index contributed by atoms with van der Waals surface area (Å²) in [5.41, 5.74) is 1.42. The van der Waals surface area contributed by atoms with Gasteiger partial charge in [0.25, 0.3) is 0 Å². The van der Waals surface area contributed by atoms with E-state index in [1.165, 1.54) is 12.4 Å². The predicted molar refractivity (Wildman–Crippen MR) is 55.8 cm³/mol. The molecular weight excluding hydrogens is 228 g/mol. The fourth-order valence-corrected chi connectivity index (χ4v) is 1.56. The number of amides is 1. The highest BCUT2D eigenvalue weighted by Gasteiger charge is 2.28. The lowest BCUT2D eigenvalue weighted by Gasteiger charge is -2.12. The SMILES string of the molecule is CC(CC(=O)NO)C(=O)OC(=O)[C@@H]1CCCN1. The van der Waals surface area contributed by atoms with Crippen LogP contribution < -0.4 is 10.8 Å². The molecule has 17 heavy (non-hydrogen) atoms. The Morgan fingerprint density at radius 2 is 2.24 bits per heavy atom. The minimum atomic E-state index is -0.771. The number of rotatable bonds is 4. The highest BCUT2D eigenvalue weighted by atomic mass is 16.6. The lowest BCUT2D eigenvalue weighted by molar-refractivity contribution is -0.164. The molecule has 0 aliphatic carbocycles. The number of esters is 2. The molecule has 1 saturated heterocycles. The van der Waals surface area contributed by atoms with Crippen LogP contribution in [0.4, 0.5) is 0 Å². The normalized spacial score (nSPS) is 20.7. The number of carbonyl (C=O) groups excluding carboxylic acids is 3. The van der Waals surface area contributed by atoms with Crippen molar-refractivity contribution in [1.29, 1.82) is 0 Å². The molecule has 1 aliphatic rings. The maximum absolute atomic E-state index is 11.5. The van der Waals surface area contributed by atoms with Gasteiger partial charge in [0, 0.05) is 6.42 Å². The van der Waals surface area contributed by atoms with E-state index in [4.69, 9.17) is 5.21 Å². The van der Waals surface area contributed by atoms with E-state index in [0.29, 0.717) is 6.42 Å². The van der Waals surface area contributed by atoms with Crippen molar-refractivity contribution in [1.82, 2.24) is 10.8 Å². The van der Waals surface area contributed by atoms with E-state index in [0.717, 1.165) is 13.0 Å². The molecule has 1 heterocycles. The molecule has 96 valence electrons. The van der Waals surface area contributed by atoms with Gasteiger partial charge in [-0.05, 0) is 19.4 Å². The summed E-state index contributed by atoms with van der Waals surface area (Å²) in [5, 5.41) is 11.2. The lowest BCUT2D eigenvalue weighted by Crippen LogP contribution is -2.35. The molecule has 1 unspecified atom stereocenters. The Balaban J connectivity index is 2.37. The second-order valence-corrected chi connectivity index (χ2v) is 4.03. The van der Waals surface area contributed by atoms with Gasteiger partial charge in [-0.25, -0.2) is 10.3 Å². The molecule has 7 heteroatoms. The molecule has 0 aromatic rings. The van der Waals surface area contributed by atoms with Crippen LogP contribution >= 0.6 is 0 Å². The Hall–Kier alpha value is -1.47. The van der Waals surface area contributed by atoms with Crippen molar-refractivity contribution >= 4 is 17.8 Å². The zero-order valence-corrected chi connectivity index (χ0v) is 9.56. The van der Waals surface area contributed by atoms with Crippen LogP contribution in [0.2, 0.25) is 0 Å². The van der Waals surface area contributed by atoms with Crippen LogP contribution in [-0.2, 0) is 19.1 Å². The Morgan fingerprint density at radius 1 is 1.53 bits per heavy atom. The third-order valence-electron chi connectivity index (χ3n) is 2.56. The fourth-order valence-electron chi connectivity index (χ4n) is 1.56. The van der Waals surface area contributed by atoms with Gasteiger partial charge in [0.05, 0.1) is 5.92 Å². The van der Waals surface area contributed by atoms with Gasteiger partial charge in [-0.2, -0.15) is 0 Å². The van der Waals surface area contributed by atoms with Crippen molar-refractivity contribution in [2.24, 2.45) is 5.92 Å². The summed E-state index contributed by atoms with van der Waals surface area (Å²) >= 11 is 0. The number of nitrogens with one attached hydrogen (secondary N) is 2. The van der Waals surface area contributed by atoms with Crippen LogP contribution in [0.15, 0.2) is 0 Å². The van der Waals surface area contributed by atoms with Crippen molar-refractivity contribution in [3.05, 3.63) is 0 Å². The summed E-state index contributed by atoms with van der Waals surface area (Å²) in [6.07, 6.45) is 1.30. The molecular formula is C10H16N2O5. The van der Waals surface area contributed by atoms with Gasteiger partial charge in [0.15, 0.2) is 0 Å². The predicted octanol–water partition coefficient (Wildman–Crippen LogP) is -0.660. The minimum absolute atomic E-state index is 0.222. The second-order valence-electron chi connectivity index (χ2n) is 4.03. The molecule has 1 amide bonds. The second kappa shape index (κ2) is 6.31. The number of hydroxylamine groups is 1. The molecule has 0 saturated carbocycles. The zero-order valence-electron chi connectivity index (χ0n) is 9.56. The first-order valence-corrected chi connectivity index (χ1v) is 5.46. The van der Waals surface area contributed by atoms with Crippen molar-refractivity contribution < 1.29 is 24.3 Å². The van der Waals surface area contributed by atoms with Crippen LogP contribution in [0.1, 0.15) is 26.2 Å². The van der Waals surface area contributed by atoms with Gasteiger partial charge >= 0.3 is 11.9 Å². The summed E-state index contributed by atoms with van der Waals surface area (Å²) in [4.78, 5) is 33.7. The quantitative estimate of drug-likeness (QED) is 0.262. The van der Waals surface area contributed by atoms with Gasteiger partial charge in [0.1, 0.15) is 6.04 Å². The summed E-state index contributed by atoms with van der Waals surface area (Å²) in [6, 6.07) is -0.433. The summed E-state index contributed by atoms with van der Waals surface area (Å²) in [7, 11) is 0. The van der Waals surface area contributed by atoms with Crippen LogP contribution in [0.25, 0.3) is 0 Å². The molecule has 3 N–H and O–H groups in total. The summed E-state index contributed by atoms with van der Waals surface area (Å²) < 4.78 is 4.64. The van der Waals surface area contributed by atoms with Gasteiger partial charge < -0.3 is 10.1 Å². The molecule has 7 nitrogen and oxygen atoms in total. The number of carbonyl (C=O) groups is 3. The Labute approximate surface area is 98.5 Å². The van der Waals surface area contributed by atoms with Crippen LogP contribution in [0.5, 0.6) is 0 Å². The number of ether oxygens (including phenoxy) is 1. The van der Waals surface area contributed by atoms with Crippen molar-refractivity contribution in [3.63, 3.8) is 0 Å². The third-order valence-corrected chi connectivity index (χ3v) is 2.56. The molecule has 0 radical (unpaired) electrons. The van der Waals surface area contributed by atoms with Gasteiger partial charge in [0.2, 0.25) is 5.91 Å². The topological polar surface area (TPSA) is 105 Å². The highest BCUT2D eigenvalue weighted by molar-refractivity contribution is 5.91. The van der Waals surface area contributed by atoms with E-state index < -0.39 is 29.8 Å². The van der Waals surface area contributed by atoms with E-state index in [1.54, 1.807) is 0 Å². The molecule has 1 aliphatic heterocycles. The minimum Gasteiger partial charge on any atom is -0.392 e. The average molecular weight is 244 g/mol. The van der Waals surface area contributed by atoms with Crippen LogP contribution in [0, 0.1) is 5.92 Å². The van der Waals surface area contributed by atoms with Crippen molar-refractivity contribution in [2.75, 3.05) is 6.54 Å². The summed E-state index contributed by atoms with van der Waals surface area (Å²) in [5.74, 6) is -2.83. The molecule has 1 rings (SSSR count). The maximum Gasteiger partial charge on any atom is 0.330 e. The van der Waals surface area contributed by atoms with Crippen molar-refractivity contribution in [2.45, 2.75) is 32.2 Å². The van der Waals surface area contributed by atoms with Gasteiger partial charge in [-0.15, -0.1) is 0 Å². The smallest absolute Gasteiger partial charge is 0.330 e. The summed E-state index contributed by atoms with van der Waals surface area (Å²) in [6.45, 7) is 2.18. The first-order valence-electron chi connectivity index (χ1n) is 5.46. The highest BCUT2D eigenvalue weighted by Crippen LogP contribution is 2.10. The fraction of sp³-hybridized carbons (Fsp3) is 0.700. The Kier molecular flexibility index (Phi) is 5.05. The number of hydrogen-bond acceptors (Lipinski definition) is 6. The van der Waals surface area contributed by atoms with E-state index in [9.17, 15) is 14.4 Å². The molecule has 0 aromatic carbocycles. The van der Waals surface area contributed by atoms with Gasteiger partial charge in [-0.3, -0.25) is 14.8 Å². The zero-order chi connectivity index (χ0) is 12.8. The van der Waals surface area contributed by atoms with E-state index in [1.807, 2.05) is 0 Å². The van der Waals surface area contributed by atoms with Crippen molar-refractivity contribution in [3.8, 4) is 0 Å². The first kappa shape index (κ1) is 13.6.